The van der Waals surface area contributed by atoms with Crippen molar-refractivity contribution in [2.75, 3.05) is 5.43 Å². The molecule has 3 rings (SSSR count). The molecule has 0 saturated heterocycles. The number of nitrogens with one attached hydrogen (secondary N) is 1. The van der Waals surface area contributed by atoms with Gasteiger partial charge in [-0.3, -0.25) is 5.43 Å². The Balaban J connectivity index is 1.68. The minimum atomic E-state index is 0.722. The average Bonchev–Trinajstić information content (AvgIpc) is 2.98. The first-order valence-corrected chi connectivity index (χ1v) is 7.62. The zero-order valence-corrected chi connectivity index (χ0v) is 12.6. The van der Waals surface area contributed by atoms with Crippen LogP contribution in [0.3, 0.4) is 0 Å². The second-order valence-electron chi connectivity index (χ2n) is 4.33. The molecule has 0 aliphatic carbocycles. The van der Waals surface area contributed by atoms with E-state index in [-0.39, 0.29) is 0 Å². The van der Waals surface area contributed by atoms with E-state index in [9.17, 15) is 0 Å². The predicted octanol–water partition coefficient (Wildman–Crippen LogP) is 4.91. The van der Waals surface area contributed by atoms with E-state index >= 15 is 0 Å². The first kappa shape index (κ1) is 13.8. The molecule has 0 radical (unpaired) electrons. The Labute approximate surface area is 131 Å². The van der Waals surface area contributed by atoms with Crippen LogP contribution in [0.2, 0.25) is 5.02 Å². The SMILES string of the molecule is Clc1ccc(-c2csc(N/N=C/c3ccccc3)n2)cc1. The topological polar surface area (TPSA) is 37.3 Å². The maximum atomic E-state index is 5.88. The van der Waals surface area contributed by atoms with E-state index in [2.05, 4.69) is 15.5 Å². The molecule has 0 aliphatic rings. The molecule has 0 spiro atoms. The summed E-state index contributed by atoms with van der Waals surface area (Å²) in [5.41, 5.74) is 5.94. The highest BCUT2D eigenvalue weighted by molar-refractivity contribution is 7.14. The summed E-state index contributed by atoms with van der Waals surface area (Å²) in [7, 11) is 0. The van der Waals surface area contributed by atoms with E-state index < -0.39 is 0 Å². The van der Waals surface area contributed by atoms with Gasteiger partial charge >= 0.3 is 0 Å². The number of thiazole rings is 1. The van der Waals surface area contributed by atoms with E-state index in [4.69, 9.17) is 11.6 Å². The third-order valence-corrected chi connectivity index (χ3v) is 3.82. The van der Waals surface area contributed by atoms with Gasteiger partial charge < -0.3 is 0 Å². The first-order valence-electron chi connectivity index (χ1n) is 6.37. The summed E-state index contributed by atoms with van der Waals surface area (Å²) in [5, 5.41) is 7.65. The normalized spacial score (nSPS) is 10.9. The van der Waals surface area contributed by atoms with Crippen molar-refractivity contribution in [2.24, 2.45) is 5.10 Å². The molecule has 1 N–H and O–H groups in total. The number of benzene rings is 2. The summed E-state index contributed by atoms with van der Waals surface area (Å²) in [6.45, 7) is 0. The zero-order valence-electron chi connectivity index (χ0n) is 11.0. The fraction of sp³-hybridized carbons (Fsp3) is 0. The Kier molecular flexibility index (Phi) is 4.28. The molecular weight excluding hydrogens is 302 g/mol. The zero-order chi connectivity index (χ0) is 14.5. The van der Waals surface area contributed by atoms with Gasteiger partial charge in [-0.1, -0.05) is 54.1 Å². The molecule has 0 atom stereocenters. The van der Waals surface area contributed by atoms with Crippen LogP contribution in [0.5, 0.6) is 0 Å². The number of hydrogen-bond donors (Lipinski definition) is 1. The molecule has 21 heavy (non-hydrogen) atoms. The van der Waals surface area contributed by atoms with Crippen LogP contribution in [-0.4, -0.2) is 11.2 Å². The van der Waals surface area contributed by atoms with Crippen molar-refractivity contribution in [1.82, 2.24) is 4.98 Å². The van der Waals surface area contributed by atoms with Gasteiger partial charge in [0.25, 0.3) is 0 Å². The number of anilines is 1. The summed E-state index contributed by atoms with van der Waals surface area (Å²) in [6.07, 6.45) is 1.77. The quantitative estimate of drug-likeness (QED) is 0.549. The number of rotatable bonds is 4. The third kappa shape index (κ3) is 3.68. The van der Waals surface area contributed by atoms with Gasteiger partial charge in [-0.15, -0.1) is 11.3 Å². The Hall–Kier alpha value is -2.17. The molecule has 104 valence electrons. The van der Waals surface area contributed by atoms with Crippen molar-refractivity contribution in [3.8, 4) is 11.3 Å². The molecule has 1 aromatic heterocycles. The molecule has 0 bridgehead atoms. The van der Waals surface area contributed by atoms with Crippen LogP contribution < -0.4 is 5.43 Å². The van der Waals surface area contributed by atoms with Crippen LogP contribution in [0.1, 0.15) is 5.56 Å². The van der Waals surface area contributed by atoms with Crippen molar-refractivity contribution < 1.29 is 0 Å². The molecule has 3 aromatic rings. The second-order valence-corrected chi connectivity index (χ2v) is 5.62. The summed E-state index contributed by atoms with van der Waals surface area (Å²) in [4.78, 5) is 4.49. The van der Waals surface area contributed by atoms with Gasteiger partial charge in [0.05, 0.1) is 11.9 Å². The van der Waals surface area contributed by atoms with Crippen molar-refractivity contribution >= 4 is 34.3 Å². The van der Waals surface area contributed by atoms with Crippen LogP contribution in [0, 0.1) is 0 Å². The van der Waals surface area contributed by atoms with Crippen LogP contribution in [0.25, 0.3) is 11.3 Å². The van der Waals surface area contributed by atoms with Gasteiger partial charge in [-0.05, 0) is 17.7 Å². The first-order chi connectivity index (χ1) is 10.3. The fourth-order valence-corrected chi connectivity index (χ4v) is 2.57. The lowest BCUT2D eigenvalue weighted by Crippen LogP contribution is -1.89. The molecular formula is C16H12ClN3S. The van der Waals surface area contributed by atoms with Gasteiger partial charge in [0.15, 0.2) is 0 Å². The summed E-state index contributed by atoms with van der Waals surface area (Å²) < 4.78 is 0. The smallest absolute Gasteiger partial charge is 0.203 e. The molecule has 0 amide bonds. The van der Waals surface area contributed by atoms with Crippen molar-refractivity contribution in [2.45, 2.75) is 0 Å². The van der Waals surface area contributed by atoms with Crippen molar-refractivity contribution in [1.29, 1.82) is 0 Å². The molecule has 2 aromatic carbocycles. The Bertz CT molecular complexity index is 736. The highest BCUT2D eigenvalue weighted by atomic mass is 35.5. The standard InChI is InChI=1S/C16H12ClN3S/c17-14-8-6-13(7-9-14)15-11-21-16(19-15)20-18-10-12-4-2-1-3-5-12/h1-11H,(H,19,20)/b18-10+. The maximum Gasteiger partial charge on any atom is 0.203 e. The highest BCUT2D eigenvalue weighted by Gasteiger charge is 2.03. The molecule has 0 saturated carbocycles. The number of nitrogens with zero attached hydrogens (tertiary/aromatic N) is 2. The van der Waals surface area contributed by atoms with Crippen LogP contribution >= 0.6 is 22.9 Å². The number of hydrogen-bond acceptors (Lipinski definition) is 4. The van der Waals surface area contributed by atoms with Crippen molar-refractivity contribution in [3.63, 3.8) is 0 Å². The second kappa shape index (κ2) is 6.52. The van der Waals surface area contributed by atoms with E-state index in [0.717, 1.165) is 27.0 Å². The largest absolute Gasteiger partial charge is 0.253 e. The van der Waals surface area contributed by atoms with Gasteiger partial charge in [-0.2, -0.15) is 5.10 Å². The Morgan fingerprint density at radius 3 is 2.57 bits per heavy atom. The van der Waals surface area contributed by atoms with E-state index in [1.807, 2.05) is 60.0 Å². The van der Waals surface area contributed by atoms with Crippen LogP contribution in [0.15, 0.2) is 65.1 Å². The van der Waals surface area contributed by atoms with E-state index in [1.165, 1.54) is 11.3 Å². The molecule has 5 heteroatoms. The van der Waals surface area contributed by atoms with Gasteiger partial charge in [0.2, 0.25) is 5.13 Å². The minimum Gasteiger partial charge on any atom is -0.253 e. The molecule has 0 unspecified atom stereocenters. The molecule has 3 nitrogen and oxygen atoms in total. The summed E-state index contributed by atoms with van der Waals surface area (Å²) in [6, 6.07) is 17.5. The third-order valence-electron chi connectivity index (χ3n) is 2.82. The van der Waals surface area contributed by atoms with E-state index in [0.29, 0.717) is 0 Å². The molecule has 0 fully saturated rings. The lowest BCUT2D eigenvalue weighted by Gasteiger charge is -1.96. The summed E-state index contributed by atoms with van der Waals surface area (Å²) >= 11 is 7.40. The minimum absolute atomic E-state index is 0.722. The Morgan fingerprint density at radius 2 is 1.81 bits per heavy atom. The number of halogens is 1. The average molecular weight is 314 g/mol. The highest BCUT2D eigenvalue weighted by Crippen LogP contribution is 2.25. The lowest BCUT2D eigenvalue weighted by atomic mass is 10.2. The van der Waals surface area contributed by atoms with Crippen LogP contribution in [-0.2, 0) is 0 Å². The fourth-order valence-electron chi connectivity index (χ4n) is 1.78. The number of aromatic nitrogens is 1. The van der Waals surface area contributed by atoms with Crippen molar-refractivity contribution in [3.05, 3.63) is 70.6 Å². The number of hydrazone groups is 1. The summed E-state index contributed by atoms with van der Waals surface area (Å²) in [5.74, 6) is 0. The van der Waals surface area contributed by atoms with Gasteiger partial charge in [-0.25, -0.2) is 4.98 Å². The lowest BCUT2D eigenvalue weighted by molar-refractivity contribution is 1.29. The maximum absolute atomic E-state index is 5.88. The van der Waals surface area contributed by atoms with Gasteiger partial charge in [0, 0.05) is 16.0 Å². The van der Waals surface area contributed by atoms with E-state index in [1.54, 1.807) is 6.21 Å². The predicted molar refractivity (Wildman–Crippen MR) is 90.2 cm³/mol. The van der Waals surface area contributed by atoms with Crippen LogP contribution in [0.4, 0.5) is 5.13 Å². The monoisotopic (exact) mass is 313 g/mol. The van der Waals surface area contributed by atoms with Gasteiger partial charge in [0.1, 0.15) is 0 Å². The molecule has 0 aliphatic heterocycles. The molecule has 1 heterocycles. The Morgan fingerprint density at radius 1 is 1.05 bits per heavy atom.